The fourth-order valence-electron chi connectivity index (χ4n) is 4.15. The highest BCUT2D eigenvalue weighted by atomic mass is 35.5. The van der Waals surface area contributed by atoms with Gasteiger partial charge in [0.15, 0.2) is 5.82 Å². The quantitative estimate of drug-likeness (QED) is 0.197. The molecule has 0 aliphatic carbocycles. The smallest absolute Gasteiger partial charge is 0.420 e. The Balaban J connectivity index is 2.04. The molecule has 2 atom stereocenters. The number of hydrogen-bond donors (Lipinski definition) is 0. The van der Waals surface area contributed by atoms with Crippen LogP contribution in [0.4, 0.5) is 22.0 Å². The van der Waals surface area contributed by atoms with Crippen molar-refractivity contribution in [3.8, 4) is 11.4 Å². The molecule has 1 aromatic heterocycles. The van der Waals surface area contributed by atoms with E-state index in [0.29, 0.717) is 0 Å². The van der Waals surface area contributed by atoms with Crippen molar-refractivity contribution in [2.75, 3.05) is 13.7 Å². The zero-order valence-corrected chi connectivity index (χ0v) is 20.7. The van der Waals surface area contributed by atoms with Crippen molar-refractivity contribution in [2.24, 2.45) is 0 Å². The summed E-state index contributed by atoms with van der Waals surface area (Å²) in [6, 6.07) is 7.52. The number of benzene rings is 2. The van der Waals surface area contributed by atoms with Crippen molar-refractivity contribution in [1.82, 2.24) is 14.8 Å². The first-order valence-corrected chi connectivity index (χ1v) is 11.5. The second-order valence-corrected chi connectivity index (χ2v) is 8.77. The Morgan fingerprint density at radius 3 is 2.49 bits per heavy atom. The van der Waals surface area contributed by atoms with Crippen LogP contribution in [0.15, 0.2) is 36.4 Å². The Bertz CT molecular complexity index is 1330. The maximum absolute atomic E-state index is 14.3. The number of carbonyl (C=O) groups excluding carboxylic acids is 1. The Hall–Kier alpha value is -2.96. The Labute approximate surface area is 217 Å². The van der Waals surface area contributed by atoms with E-state index in [1.807, 2.05) is 0 Å². The molecule has 0 saturated heterocycles. The van der Waals surface area contributed by atoms with Gasteiger partial charge in [-0.1, -0.05) is 23.7 Å². The van der Waals surface area contributed by atoms with E-state index in [9.17, 15) is 26.7 Å². The molecule has 0 N–H and O–H groups in total. The molecule has 0 bridgehead atoms. The van der Waals surface area contributed by atoms with Gasteiger partial charge in [0, 0.05) is 16.1 Å². The summed E-state index contributed by atoms with van der Waals surface area (Å²) in [5, 5.41) is 3.31. The first-order valence-electron chi connectivity index (χ1n) is 10.7. The zero-order valence-electron chi connectivity index (χ0n) is 19.2. The molecule has 0 amide bonds. The number of fused-ring (bicyclic) bond motifs is 3. The van der Waals surface area contributed by atoms with Crippen molar-refractivity contribution in [3.63, 3.8) is 0 Å². The maximum atomic E-state index is 14.3. The monoisotopic (exact) mass is 565 g/mol. The number of rotatable bonds is 6. The molecule has 0 radical (unpaired) electrons. The normalized spacial score (nSPS) is 17.5. The average Bonchev–Trinajstić information content (AvgIpc) is 3.21. The molecule has 1 aliphatic rings. The lowest BCUT2D eigenvalue weighted by atomic mass is 9.94. The molecule has 0 fully saturated rings. The van der Waals surface area contributed by atoms with E-state index >= 15 is 0 Å². The van der Waals surface area contributed by atoms with Crippen LogP contribution in [0.2, 0.25) is 5.02 Å². The molecule has 2 heterocycles. The third-order valence-corrected chi connectivity index (χ3v) is 5.95. The second-order valence-electron chi connectivity index (χ2n) is 7.85. The second kappa shape index (κ2) is 10.1. The van der Waals surface area contributed by atoms with Gasteiger partial charge in [-0.3, -0.25) is 9.36 Å². The van der Waals surface area contributed by atoms with Crippen molar-refractivity contribution in [3.05, 3.63) is 69.8 Å². The van der Waals surface area contributed by atoms with Gasteiger partial charge in [-0.2, -0.15) is 22.0 Å². The molecule has 0 saturated carbocycles. The van der Waals surface area contributed by atoms with Crippen LogP contribution in [0.1, 0.15) is 53.9 Å². The predicted molar refractivity (Wildman–Crippen MR) is 121 cm³/mol. The summed E-state index contributed by atoms with van der Waals surface area (Å²) in [6.45, 7) is 1.55. The average molecular weight is 566 g/mol. The van der Waals surface area contributed by atoms with Gasteiger partial charge in [0.1, 0.15) is 23.5 Å². The number of hydrogen-bond acceptors (Lipinski definition) is 6. The Morgan fingerprint density at radius 1 is 1.14 bits per heavy atom. The molecule has 198 valence electrons. The number of esters is 1. The summed E-state index contributed by atoms with van der Waals surface area (Å²) < 4.78 is 88.3. The molecule has 7 nitrogen and oxygen atoms in total. The highest BCUT2D eigenvalue weighted by molar-refractivity contribution is 6.30. The van der Waals surface area contributed by atoms with E-state index in [4.69, 9.17) is 37.4 Å². The highest BCUT2D eigenvalue weighted by Gasteiger charge is 2.45. The van der Waals surface area contributed by atoms with Crippen molar-refractivity contribution < 1.29 is 41.0 Å². The lowest BCUT2D eigenvalue weighted by Crippen LogP contribution is -2.20. The van der Waals surface area contributed by atoms with Crippen LogP contribution >= 0.6 is 23.2 Å². The molecule has 3 aromatic rings. The SMILES string of the molecule is CCOC(=O)C[C@H]1O[C@H](c2cccc(OC)c2C(F)(F)F)c2cc(Cl)ccc2-n2c1nnc2C(F)(F)Cl. The third kappa shape index (κ3) is 5.23. The molecule has 4 rings (SSSR count). The number of alkyl halides is 6. The summed E-state index contributed by atoms with van der Waals surface area (Å²) in [4.78, 5) is 12.4. The number of halogens is 7. The van der Waals surface area contributed by atoms with E-state index in [1.165, 1.54) is 24.3 Å². The Kier molecular flexibility index (Phi) is 7.37. The van der Waals surface area contributed by atoms with Crippen LogP contribution in [0.5, 0.6) is 5.75 Å². The summed E-state index contributed by atoms with van der Waals surface area (Å²) in [5.74, 6) is -2.60. The number of methoxy groups -OCH3 is 1. The van der Waals surface area contributed by atoms with E-state index in [2.05, 4.69) is 10.2 Å². The van der Waals surface area contributed by atoms with Gasteiger partial charge < -0.3 is 14.2 Å². The van der Waals surface area contributed by atoms with Crippen molar-refractivity contribution in [1.29, 1.82) is 0 Å². The van der Waals surface area contributed by atoms with E-state index in [0.717, 1.165) is 23.8 Å². The molecular formula is C23H18Cl2F5N3O4. The number of aromatic nitrogens is 3. The molecule has 1 aliphatic heterocycles. The van der Waals surface area contributed by atoms with Gasteiger partial charge in [-0.05, 0) is 42.8 Å². The topological polar surface area (TPSA) is 75.5 Å². The molecule has 14 heteroatoms. The first-order chi connectivity index (χ1) is 17.4. The fourth-order valence-corrected chi connectivity index (χ4v) is 4.46. The fraction of sp³-hybridized carbons (Fsp3) is 0.348. The first kappa shape index (κ1) is 27.1. The lowest BCUT2D eigenvalue weighted by Gasteiger charge is -2.26. The molecule has 0 unspecified atom stereocenters. The molecule has 0 spiro atoms. The molecular weight excluding hydrogens is 548 g/mol. The minimum atomic E-state index is -4.89. The van der Waals surface area contributed by atoms with Gasteiger partial charge in [-0.15, -0.1) is 10.2 Å². The van der Waals surface area contributed by atoms with Crippen LogP contribution in [-0.4, -0.2) is 34.5 Å². The summed E-state index contributed by atoms with van der Waals surface area (Å²) in [6.07, 6.45) is -8.47. The van der Waals surface area contributed by atoms with Gasteiger partial charge >= 0.3 is 17.5 Å². The van der Waals surface area contributed by atoms with Gasteiger partial charge in [-0.25, -0.2) is 0 Å². The van der Waals surface area contributed by atoms with Crippen LogP contribution in [0.3, 0.4) is 0 Å². The van der Waals surface area contributed by atoms with Crippen LogP contribution in [-0.2, 0) is 25.8 Å². The summed E-state index contributed by atoms with van der Waals surface area (Å²) in [7, 11) is 1.08. The lowest BCUT2D eigenvalue weighted by molar-refractivity contribution is -0.149. The maximum Gasteiger partial charge on any atom is 0.420 e. The van der Waals surface area contributed by atoms with Crippen molar-refractivity contribution >= 4 is 29.2 Å². The molecule has 2 aromatic carbocycles. The minimum absolute atomic E-state index is 0.00336. The van der Waals surface area contributed by atoms with E-state index in [-0.39, 0.29) is 28.7 Å². The van der Waals surface area contributed by atoms with Gasteiger partial charge in [0.25, 0.3) is 0 Å². The molecule has 37 heavy (non-hydrogen) atoms. The van der Waals surface area contributed by atoms with Gasteiger partial charge in [0.2, 0.25) is 5.82 Å². The minimum Gasteiger partial charge on any atom is -0.496 e. The summed E-state index contributed by atoms with van der Waals surface area (Å²) in [5.41, 5.74) is -1.64. The number of carbonyl (C=O) groups is 1. The van der Waals surface area contributed by atoms with Crippen LogP contribution < -0.4 is 4.74 Å². The number of ether oxygens (including phenoxy) is 3. The van der Waals surface area contributed by atoms with Crippen LogP contribution in [0.25, 0.3) is 5.69 Å². The van der Waals surface area contributed by atoms with Crippen LogP contribution in [0, 0.1) is 0 Å². The van der Waals surface area contributed by atoms with E-state index < -0.39 is 58.9 Å². The van der Waals surface area contributed by atoms with E-state index in [1.54, 1.807) is 6.92 Å². The predicted octanol–water partition coefficient (Wildman–Crippen LogP) is 6.35. The highest BCUT2D eigenvalue weighted by Crippen LogP contribution is 2.48. The third-order valence-electron chi connectivity index (χ3n) is 5.54. The summed E-state index contributed by atoms with van der Waals surface area (Å²) >= 11 is 11.5. The zero-order chi connectivity index (χ0) is 27.1. The largest absolute Gasteiger partial charge is 0.496 e. The number of nitrogens with zero attached hydrogens (tertiary/aromatic N) is 3. The van der Waals surface area contributed by atoms with Gasteiger partial charge in [0.05, 0.1) is 25.8 Å². The standard InChI is InChI=1S/C23H18Cl2F5N3O4/c1-3-36-17(34)10-16-20-31-32-21(22(25,26)27)33(20)14-8-7-11(24)9-13(14)19(37-16)12-5-4-6-15(35-2)18(12)23(28,29)30/h4-9,16,19H,3,10H2,1-2H3/t16-,19-/m1/s1. The van der Waals surface area contributed by atoms with Crippen molar-refractivity contribution in [2.45, 2.75) is 37.1 Å². The Morgan fingerprint density at radius 2 is 1.86 bits per heavy atom.